The molecule has 0 radical (unpaired) electrons. The molecule has 3 nitrogen and oxygen atoms in total. The summed E-state index contributed by atoms with van der Waals surface area (Å²) in [6, 6.07) is 9.15. The van der Waals surface area contributed by atoms with Crippen LogP contribution in [0, 0.1) is 6.92 Å². The highest BCUT2D eigenvalue weighted by Crippen LogP contribution is 2.44. The summed E-state index contributed by atoms with van der Waals surface area (Å²) in [7, 11) is 0. The van der Waals surface area contributed by atoms with Crippen LogP contribution in [0.4, 0.5) is 4.79 Å². The molecule has 2 amide bonds. The van der Waals surface area contributed by atoms with Crippen LogP contribution in [0.25, 0.3) is 0 Å². The highest BCUT2D eigenvalue weighted by Gasteiger charge is 2.36. The van der Waals surface area contributed by atoms with Gasteiger partial charge in [0.15, 0.2) is 0 Å². The molecule has 1 N–H and O–H groups in total. The van der Waals surface area contributed by atoms with E-state index in [2.05, 4.69) is 36.5 Å². The highest BCUT2D eigenvalue weighted by atomic mass is 16.2. The molecule has 1 aromatic carbocycles. The zero-order valence-corrected chi connectivity index (χ0v) is 12.3. The van der Waals surface area contributed by atoms with Gasteiger partial charge in [-0.25, -0.2) is 4.79 Å². The summed E-state index contributed by atoms with van der Waals surface area (Å²) in [4.78, 5) is 13.6. The van der Waals surface area contributed by atoms with Crippen LogP contribution in [0.5, 0.6) is 0 Å². The van der Waals surface area contributed by atoms with E-state index in [0.29, 0.717) is 5.41 Å². The molecule has 0 unspecified atom stereocenters. The van der Waals surface area contributed by atoms with Crippen molar-refractivity contribution in [2.75, 3.05) is 19.6 Å². The van der Waals surface area contributed by atoms with Crippen molar-refractivity contribution in [3.05, 3.63) is 35.4 Å². The van der Waals surface area contributed by atoms with Crippen LogP contribution in [0.15, 0.2) is 24.3 Å². The Bertz CT molecular complexity index is 474. The predicted molar refractivity (Wildman–Crippen MR) is 80.9 cm³/mol. The molecule has 108 valence electrons. The van der Waals surface area contributed by atoms with E-state index in [0.717, 1.165) is 26.1 Å². The SMILES string of the molecule is Cc1ccc(C2(CCN3CCNC3=O)CCCC2)cc1. The van der Waals surface area contributed by atoms with Crippen molar-refractivity contribution >= 4 is 6.03 Å². The van der Waals surface area contributed by atoms with E-state index in [-0.39, 0.29) is 6.03 Å². The molecule has 0 atom stereocenters. The lowest BCUT2D eigenvalue weighted by Gasteiger charge is -2.31. The Balaban J connectivity index is 1.74. The van der Waals surface area contributed by atoms with Crippen molar-refractivity contribution in [1.82, 2.24) is 10.2 Å². The first-order chi connectivity index (χ1) is 9.70. The number of hydrogen-bond donors (Lipinski definition) is 1. The third-order valence-electron chi connectivity index (χ3n) is 5.03. The Morgan fingerprint density at radius 2 is 1.90 bits per heavy atom. The minimum atomic E-state index is 0.113. The molecular formula is C17H24N2O. The summed E-state index contributed by atoms with van der Waals surface area (Å²) in [5.41, 5.74) is 3.09. The maximum atomic E-state index is 11.7. The van der Waals surface area contributed by atoms with Gasteiger partial charge in [-0.1, -0.05) is 42.7 Å². The fourth-order valence-electron chi connectivity index (χ4n) is 3.72. The van der Waals surface area contributed by atoms with Gasteiger partial charge in [0.2, 0.25) is 0 Å². The third-order valence-corrected chi connectivity index (χ3v) is 5.03. The number of nitrogens with one attached hydrogen (secondary N) is 1. The molecule has 0 aromatic heterocycles. The summed E-state index contributed by atoms with van der Waals surface area (Å²) in [5, 5.41) is 2.89. The zero-order chi connectivity index (χ0) is 14.0. The molecule has 2 fully saturated rings. The van der Waals surface area contributed by atoms with Crippen LogP contribution in [-0.2, 0) is 5.41 Å². The number of nitrogens with zero attached hydrogens (tertiary/aromatic N) is 1. The molecule has 1 aromatic rings. The summed E-state index contributed by atoms with van der Waals surface area (Å²) in [6.45, 7) is 4.69. The number of aryl methyl sites for hydroxylation is 1. The standard InChI is InChI=1S/C17H24N2O/c1-14-4-6-15(7-5-14)17(8-2-3-9-17)10-12-19-13-11-18-16(19)20/h4-7H,2-3,8-13H2,1H3,(H,18,20). The van der Waals surface area contributed by atoms with Gasteiger partial charge in [-0.3, -0.25) is 0 Å². The summed E-state index contributed by atoms with van der Waals surface area (Å²) < 4.78 is 0. The van der Waals surface area contributed by atoms with Crippen LogP contribution < -0.4 is 5.32 Å². The van der Waals surface area contributed by atoms with Gasteiger partial charge in [-0.15, -0.1) is 0 Å². The lowest BCUT2D eigenvalue weighted by Crippen LogP contribution is -2.34. The van der Waals surface area contributed by atoms with Crippen LogP contribution in [0.3, 0.4) is 0 Å². The quantitative estimate of drug-likeness (QED) is 0.896. The molecule has 2 aliphatic rings. The first kappa shape index (κ1) is 13.5. The first-order valence-corrected chi connectivity index (χ1v) is 7.80. The molecule has 3 rings (SSSR count). The number of benzene rings is 1. The van der Waals surface area contributed by atoms with Gasteiger partial charge in [-0.05, 0) is 37.2 Å². The lowest BCUT2D eigenvalue weighted by molar-refractivity contribution is 0.211. The number of carbonyl (C=O) groups excluding carboxylic acids is 1. The second-order valence-electron chi connectivity index (χ2n) is 6.32. The Morgan fingerprint density at radius 1 is 1.20 bits per heavy atom. The Kier molecular flexibility index (Phi) is 3.68. The molecule has 1 aliphatic carbocycles. The van der Waals surface area contributed by atoms with Gasteiger partial charge >= 0.3 is 6.03 Å². The minimum absolute atomic E-state index is 0.113. The molecule has 1 heterocycles. The van der Waals surface area contributed by atoms with Crippen molar-refractivity contribution in [2.45, 2.75) is 44.4 Å². The largest absolute Gasteiger partial charge is 0.336 e. The first-order valence-electron chi connectivity index (χ1n) is 7.80. The van der Waals surface area contributed by atoms with Gasteiger partial charge in [0, 0.05) is 19.6 Å². The Morgan fingerprint density at radius 3 is 2.50 bits per heavy atom. The van der Waals surface area contributed by atoms with Gasteiger partial charge in [0.05, 0.1) is 0 Å². The predicted octanol–water partition coefficient (Wildman–Crippen LogP) is 3.22. The van der Waals surface area contributed by atoms with Gasteiger partial charge in [0.25, 0.3) is 0 Å². The number of carbonyl (C=O) groups is 1. The van der Waals surface area contributed by atoms with Crippen molar-refractivity contribution in [2.24, 2.45) is 0 Å². The number of hydrogen-bond acceptors (Lipinski definition) is 1. The maximum absolute atomic E-state index is 11.7. The molecule has 1 aliphatic heterocycles. The van der Waals surface area contributed by atoms with E-state index >= 15 is 0 Å². The van der Waals surface area contributed by atoms with E-state index in [9.17, 15) is 4.79 Å². The van der Waals surface area contributed by atoms with Crippen LogP contribution >= 0.6 is 0 Å². The van der Waals surface area contributed by atoms with Crippen LogP contribution in [-0.4, -0.2) is 30.6 Å². The molecule has 3 heteroatoms. The van der Waals surface area contributed by atoms with E-state index in [1.807, 2.05) is 4.90 Å². The minimum Gasteiger partial charge on any atom is -0.336 e. The second-order valence-corrected chi connectivity index (χ2v) is 6.32. The van der Waals surface area contributed by atoms with E-state index in [1.165, 1.54) is 36.8 Å². The Hall–Kier alpha value is -1.51. The van der Waals surface area contributed by atoms with Crippen molar-refractivity contribution in [3.8, 4) is 0 Å². The average molecular weight is 272 g/mol. The fourth-order valence-corrected chi connectivity index (χ4v) is 3.72. The number of amides is 2. The van der Waals surface area contributed by atoms with Gasteiger partial charge < -0.3 is 10.2 Å². The molecular weight excluding hydrogens is 248 g/mol. The topological polar surface area (TPSA) is 32.3 Å². The van der Waals surface area contributed by atoms with E-state index in [1.54, 1.807) is 0 Å². The van der Waals surface area contributed by atoms with Gasteiger partial charge in [0.1, 0.15) is 0 Å². The van der Waals surface area contributed by atoms with E-state index in [4.69, 9.17) is 0 Å². The summed E-state index contributed by atoms with van der Waals surface area (Å²) in [5.74, 6) is 0. The monoisotopic (exact) mass is 272 g/mol. The smallest absolute Gasteiger partial charge is 0.317 e. The number of urea groups is 1. The number of rotatable bonds is 4. The van der Waals surface area contributed by atoms with Crippen molar-refractivity contribution in [3.63, 3.8) is 0 Å². The Labute approximate surface area is 121 Å². The maximum Gasteiger partial charge on any atom is 0.317 e. The molecule has 20 heavy (non-hydrogen) atoms. The van der Waals surface area contributed by atoms with Crippen LogP contribution in [0.1, 0.15) is 43.2 Å². The normalized spacial score (nSPS) is 21.2. The highest BCUT2D eigenvalue weighted by molar-refractivity contribution is 5.76. The summed E-state index contributed by atoms with van der Waals surface area (Å²) >= 11 is 0. The van der Waals surface area contributed by atoms with Gasteiger partial charge in [-0.2, -0.15) is 0 Å². The molecule has 0 bridgehead atoms. The lowest BCUT2D eigenvalue weighted by atomic mass is 9.76. The molecule has 1 saturated heterocycles. The van der Waals surface area contributed by atoms with E-state index < -0.39 is 0 Å². The molecule has 1 saturated carbocycles. The third kappa shape index (κ3) is 2.54. The average Bonchev–Trinajstić information content (AvgIpc) is 3.07. The molecule has 0 spiro atoms. The zero-order valence-electron chi connectivity index (χ0n) is 12.3. The van der Waals surface area contributed by atoms with Crippen molar-refractivity contribution < 1.29 is 4.79 Å². The summed E-state index contributed by atoms with van der Waals surface area (Å²) in [6.07, 6.45) is 6.28. The van der Waals surface area contributed by atoms with Crippen LogP contribution in [0.2, 0.25) is 0 Å². The van der Waals surface area contributed by atoms with Crippen molar-refractivity contribution in [1.29, 1.82) is 0 Å². The fraction of sp³-hybridized carbons (Fsp3) is 0.588. The second kappa shape index (κ2) is 5.47.